The summed E-state index contributed by atoms with van der Waals surface area (Å²) in [5.41, 5.74) is 0.648. The smallest absolute Gasteiger partial charge is 0.337 e. The van der Waals surface area contributed by atoms with E-state index in [1.165, 1.54) is 25.1 Å². The summed E-state index contributed by atoms with van der Waals surface area (Å²) in [6.45, 7) is 1.38. The number of aliphatic hydroxyl groups is 1. The second kappa shape index (κ2) is 4.72. The highest BCUT2D eigenvalue weighted by atomic mass is 79.9. The lowest BCUT2D eigenvalue weighted by atomic mass is 10.1. The van der Waals surface area contributed by atoms with Crippen LogP contribution in [0.2, 0.25) is 0 Å². The number of aliphatic hydroxyl groups excluding tert-OH is 1. The van der Waals surface area contributed by atoms with Gasteiger partial charge in [0, 0.05) is 4.47 Å². The van der Waals surface area contributed by atoms with Crippen LogP contribution in [0.4, 0.5) is 4.39 Å². The number of carbonyl (C=O) groups is 1. The van der Waals surface area contributed by atoms with Gasteiger partial charge in [-0.3, -0.25) is 0 Å². The minimum Gasteiger partial charge on any atom is -0.479 e. The molecule has 0 fully saturated rings. The predicted octanol–water partition coefficient (Wildman–Crippen LogP) is 2.60. The summed E-state index contributed by atoms with van der Waals surface area (Å²) in [6, 6.07) is 4.26. The van der Waals surface area contributed by atoms with Gasteiger partial charge >= 0.3 is 5.97 Å². The van der Waals surface area contributed by atoms with Gasteiger partial charge in [-0.05, 0) is 24.1 Å². The molecule has 0 saturated carbocycles. The van der Waals surface area contributed by atoms with Gasteiger partial charge in [-0.2, -0.15) is 0 Å². The Morgan fingerprint density at radius 1 is 1.53 bits per heavy atom. The highest BCUT2D eigenvalue weighted by Crippen LogP contribution is 2.28. The van der Waals surface area contributed by atoms with Crippen molar-refractivity contribution in [2.24, 2.45) is 0 Å². The SMILES string of the molecule is CC(F)c1ccc(C(O)C(=O)O)cc1Br. The van der Waals surface area contributed by atoms with Crippen LogP contribution in [0.1, 0.15) is 30.3 Å². The largest absolute Gasteiger partial charge is 0.479 e. The van der Waals surface area contributed by atoms with Crippen molar-refractivity contribution in [1.29, 1.82) is 0 Å². The lowest BCUT2D eigenvalue weighted by Gasteiger charge is -2.10. The summed E-state index contributed by atoms with van der Waals surface area (Å²) in [7, 11) is 0. The molecule has 0 aromatic heterocycles. The number of alkyl halides is 1. The molecule has 0 heterocycles. The normalized spacial score (nSPS) is 14.7. The Balaban J connectivity index is 3.06. The minimum absolute atomic E-state index is 0.221. The molecule has 0 amide bonds. The molecule has 0 aliphatic heterocycles. The highest BCUT2D eigenvalue weighted by molar-refractivity contribution is 9.10. The number of aliphatic carboxylic acids is 1. The molecule has 82 valence electrons. The van der Waals surface area contributed by atoms with E-state index < -0.39 is 18.2 Å². The van der Waals surface area contributed by atoms with Crippen LogP contribution in [0, 0.1) is 0 Å². The zero-order valence-corrected chi connectivity index (χ0v) is 9.53. The molecule has 0 bridgehead atoms. The second-order valence-corrected chi connectivity index (χ2v) is 3.99. The van der Waals surface area contributed by atoms with Crippen molar-refractivity contribution in [2.75, 3.05) is 0 Å². The first kappa shape index (κ1) is 12.1. The molecule has 0 spiro atoms. The Labute approximate surface area is 94.7 Å². The van der Waals surface area contributed by atoms with Crippen molar-refractivity contribution in [3.63, 3.8) is 0 Å². The number of hydrogen-bond donors (Lipinski definition) is 2. The van der Waals surface area contributed by atoms with Gasteiger partial charge in [-0.25, -0.2) is 9.18 Å². The van der Waals surface area contributed by atoms with Crippen LogP contribution in [0.25, 0.3) is 0 Å². The molecule has 2 N–H and O–H groups in total. The van der Waals surface area contributed by atoms with Crippen LogP contribution in [-0.4, -0.2) is 16.2 Å². The number of carboxylic acids is 1. The van der Waals surface area contributed by atoms with E-state index in [1.807, 2.05) is 0 Å². The van der Waals surface area contributed by atoms with E-state index in [9.17, 15) is 14.3 Å². The number of halogens is 2. The predicted molar refractivity (Wildman–Crippen MR) is 56.3 cm³/mol. The summed E-state index contributed by atoms with van der Waals surface area (Å²) in [6.07, 6.45) is -2.72. The van der Waals surface area contributed by atoms with Crippen LogP contribution in [0.15, 0.2) is 22.7 Å². The third-order valence-corrected chi connectivity index (χ3v) is 2.69. The average Bonchev–Trinajstić information content (AvgIpc) is 2.15. The Bertz CT molecular complexity index is 379. The molecule has 0 aliphatic carbocycles. The number of carboxylic acid groups (broad SMARTS) is 1. The molecule has 0 aliphatic rings. The van der Waals surface area contributed by atoms with Crippen LogP contribution >= 0.6 is 15.9 Å². The summed E-state index contributed by atoms with van der Waals surface area (Å²) < 4.78 is 13.4. The van der Waals surface area contributed by atoms with Crippen LogP contribution in [-0.2, 0) is 4.79 Å². The van der Waals surface area contributed by atoms with Crippen LogP contribution in [0.5, 0.6) is 0 Å². The summed E-state index contributed by atoms with van der Waals surface area (Å²) in [5.74, 6) is -1.33. The molecule has 0 radical (unpaired) electrons. The molecule has 2 atom stereocenters. The van der Waals surface area contributed by atoms with Gasteiger partial charge in [0.25, 0.3) is 0 Å². The zero-order chi connectivity index (χ0) is 11.6. The molecule has 1 aromatic rings. The molecule has 0 saturated heterocycles. The van der Waals surface area contributed by atoms with Crippen molar-refractivity contribution in [3.05, 3.63) is 33.8 Å². The molecule has 3 nitrogen and oxygen atoms in total. The first-order chi connectivity index (χ1) is 6.93. The molecule has 2 unspecified atom stereocenters. The zero-order valence-electron chi connectivity index (χ0n) is 7.95. The first-order valence-electron chi connectivity index (χ1n) is 4.27. The van der Waals surface area contributed by atoms with Crippen LogP contribution < -0.4 is 0 Å². The van der Waals surface area contributed by atoms with Gasteiger partial charge in [0.05, 0.1) is 0 Å². The summed E-state index contributed by atoms with van der Waals surface area (Å²) >= 11 is 3.12. The highest BCUT2D eigenvalue weighted by Gasteiger charge is 2.17. The molecular weight excluding hydrogens is 267 g/mol. The Morgan fingerprint density at radius 3 is 2.53 bits per heavy atom. The van der Waals surface area contributed by atoms with Crippen molar-refractivity contribution in [1.82, 2.24) is 0 Å². The van der Waals surface area contributed by atoms with E-state index in [0.29, 0.717) is 10.0 Å². The summed E-state index contributed by atoms with van der Waals surface area (Å²) in [4.78, 5) is 10.5. The molecule has 1 aromatic carbocycles. The van der Waals surface area contributed by atoms with Gasteiger partial charge in [0.15, 0.2) is 6.10 Å². The van der Waals surface area contributed by atoms with Gasteiger partial charge in [0.1, 0.15) is 6.17 Å². The van der Waals surface area contributed by atoms with Crippen molar-refractivity contribution < 1.29 is 19.4 Å². The topological polar surface area (TPSA) is 57.5 Å². The number of hydrogen-bond acceptors (Lipinski definition) is 2. The molecule has 5 heteroatoms. The van der Waals surface area contributed by atoms with E-state index in [1.54, 1.807) is 0 Å². The molecule has 15 heavy (non-hydrogen) atoms. The van der Waals surface area contributed by atoms with Gasteiger partial charge in [-0.1, -0.05) is 28.1 Å². The number of benzene rings is 1. The monoisotopic (exact) mass is 276 g/mol. The molecule has 1 rings (SSSR count). The average molecular weight is 277 g/mol. The maximum Gasteiger partial charge on any atom is 0.337 e. The maximum absolute atomic E-state index is 13.0. The van der Waals surface area contributed by atoms with Gasteiger partial charge < -0.3 is 10.2 Å². The quantitative estimate of drug-likeness (QED) is 0.892. The van der Waals surface area contributed by atoms with E-state index in [-0.39, 0.29) is 5.56 Å². The van der Waals surface area contributed by atoms with E-state index in [4.69, 9.17) is 5.11 Å². The molecular formula is C10H10BrFO3. The van der Waals surface area contributed by atoms with Gasteiger partial charge in [-0.15, -0.1) is 0 Å². The second-order valence-electron chi connectivity index (χ2n) is 3.14. The summed E-state index contributed by atoms with van der Waals surface area (Å²) in [5, 5.41) is 17.8. The van der Waals surface area contributed by atoms with E-state index in [0.717, 1.165) is 0 Å². The third-order valence-electron chi connectivity index (χ3n) is 2.00. The van der Waals surface area contributed by atoms with Crippen LogP contribution in [0.3, 0.4) is 0 Å². The number of rotatable bonds is 3. The van der Waals surface area contributed by atoms with Crippen molar-refractivity contribution in [2.45, 2.75) is 19.2 Å². The first-order valence-corrected chi connectivity index (χ1v) is 5.07. The Hall–Kier alpha value is -0.940. The fourth-order valence-electron chi connectivity index (χ4n) is 1.18. The minimum atomic E-state index is -1.58. The fourth-order valence-corrected chi connectivity index (χ4v) is 1.89. The van der Waals surface area contributed by atoms with E-state index >= 15 is 0 Å². The Morgan fingerprint density at radius 2 is 2.13 bits per heavy atom. The van der Waals surface area contributed by atoms with Gasteiger partial charge in [0.2, 0.25) is 0 Å². The van der Waals surface area contributed by atoms with E-state index in [2.05, 4.69) is 15.9 Å². The van der Waals surface area contributed by atoms with Crippen molar-refractivity contribution in [3.8, 4) is 0 Å². The lowest BCUT2D eigenvalue weighted by molar-refractivity contribution is -0.146. The third kappa shape index (κ3) is 2.76. The lowest BCUT2D eigenvalue weighted by Crippen LogP contribution is -2.10. The Kier molecular flexibility index (Phi) is 3.82. The fraction of sp³-hybridized carbons (Fsp3) is 0.300. The standard InChI is InChI=1S/C10H10BrFO3/c1-5(12)7-3-2-6(4-8(7)11)9(13)10(14)15/h2-5,9,13H,1H3,(H,14,15). The maximum atomic E-state index is 13.0. The van der Waals surface area contributed by atoms with Crippen molar-refractivity contribution >= 4 is 21.9 Å².